The van der Waals surface area contributed by atoms with E-state index in [1.807, 2.05) is 29.7 Å². The van der Waals surface area contributed by atoms with Crippen molar-refractivity contribution in [1.82, 2.24) is 14.5 Å². The molecule has 0 saturated heterocycles. The summed E-state index contributed by atoms with van der Waals surface area (Å²) in [5.41, 5.74) is 6.41. The van der Waals surface area contributed by atoms with Gasteiger partial charge in [0, 0.05) is 17.6 Å². The van der Waals surface area contributed by atoms with Crippen molar-refractivity contribution in [3.05, 3.63) is 85.5 Å². The number of nitrogens with zero attached hydrogens (tertiary/aromatic N) is 3. The number of thiophene rings is 1. The maximum atomic E-state index is 13.1. The lowest BCUT2D eigenvalue weighted by atomic mass is 10.0. The van der Waals surface area contributed by atoms with Crippen LogP contribution in [-0.2, 0) is 13.2 Å². The van der Waals surface area contributed by atoms with E-state index < -0.39 is 0 Å². The minimum absolute atomic E-state index is 0.0841. The van der Waals surface area contributed by atoms with Crippen molar-refractivity contribution >= 4 is 33.2 Å². The van der Waals surface area contributed by atoms with E-state index in [1.54, 1.807) is 17.5 Å². The molecular weight excluding hydrogens is 418 g/mol. The molecule has 162 valence electrons. The lowest BCUT2D eigenvalue weighted by Gasteiger charge is -2.13. The molecule has 5 nitrogen and oxygen atoms in total. The van der Waals surface area contributed by atoms with Crippen LogP contribution in [0.25, 0.3) is 21.9 Å². The Morgan fingerprint density at radius 2 is 1.94 bits per heavy atom. The van der Waals surface area contributed by atoms with Crippen LogP contribution in [0.5, 0.6) is 5.75 Å². The van der Waals surface area contributed by atoms with Gasteiger partial charge in [-0.05, 0) is 92.3 Å². The fourth-order valence-corrected chi connectivity index (χ4v) is 5.41. The summed E-state index contributed by atoms with van der Waals surface area (Å²) in [5.74, 6) is 1.69. The molecule has 5 rings (SSSR count). The lowest BCUT2D eigenvalue weighted by molar-refractivity contribution is 0.297. The molecular formula is C26H25N3O2S. The van der Waals surface area contributed by atoms with E-state index >= 15 is 0 Å². The molecule has 0 radical (unpaired) electrons. The van der Waals surface area contributed by atoms with Crippen molar-refractivity contribution in [1.29, 1.82) is 0 Å². The Labute approximate surface area is 191 Å². The van der Waals surface area contributed by atoms with E-state index in [0.717, 1.165) is 66.6 Å². The fraction of sp³-hybridized carbons (Fsp3) is 0.269. The molecule has 4 aromatic rings. The molecule has 0 atom stereocenters. The van der Waals surface area contributed by atoms with Gasteiger partial charge < -0.3 is 4.74 Å². The van der Waals surface area contributed by atoms with Gasteiger partial charge in [0.2, 0.25) is 0 Å². The van der Waals surface area contributed by atoms with Gasteiger partial charge in [0.1, 0.15) is 23.0 Å². The summed E-state index contributed by atoms with van der Waals surface area (Å²) in [7, 11) is 0. The second kappa shape index (κ2) is 8.02. The summed E-state index contributed by atoms with van der Waals surface area (Å²) in [6.07, 6.45) is 4.75. The van der Waals surface area contributed by atoms with Crippen LogP contribution in [-0.4, -0.2) is 14.5 Å². The number of rotatable bonds is 4. The summed E-state index contributed by atoms with van der Waals surface area (Å²) in [6, 6.07) is 10.1. The first-order valence-corrected chi connectivity index (χ1v) is 11.6. The van der Waals surface area contributed by atoms with Crippen LogP contribution in [0.3, 0.4) is 0 Å². The molecule has 1 aliphatic heterocycles. The Morgan fingerprint density at radius 1 is 1.16 bits per heavy atom. The van der Waals surface area contributed by atoms with E-state index in [0.29, 0.717) is 13.2 Å². The molecule has 0 saturated carbocycles. The quantitative estimate of drug-likeness (QED) is 0.411. The van der Waals surface area contributed by atoms with Gasteiger partial charge in [0.15, 0.2) is 0 Å². The molecule has 6 heteroatoms. The highest BCUT2D eigenvalue weighted by atomic mass is 32.1. The van der Waals surface area contributed by atoms with Crippen molar-refractivity contribution in [3.8, 4) is 5.75 Å². The molecule has 32 heavy (non-hydrogen) atoms. The van der Waals surface area contributed by atoms with Crippen molar-refractivity contribution < 1.29 is 4.74 Å². The normalized spacial score (nSPS) is 14.3. The number of hydrogen-bond acceptors (Lipinski definition) is 5. The Hall–Kier alpha value is -3.25. The third-order valence-electron chi connectivity index (χ3n) is 6.09. The van der Waals surface area contributed by atoms with Crippen LogP contribution < -0.4 is 10.3 Å². The van der Waals surface area contributed by atoms with Gasteiger partial charge in [0.05, 0.1) is 11.1 Å². The summed E-state index contributed by atoms with van der Waals surface area (Å²) in [4.78, 5) is 24.3. The third-order valence-corrected chi connectivity index (χ3v) is 7.20. The average molecular weight is 444 g/mol. The maximum absolute atomic E-state index is 13.1. The van der Waals surface area contributed by atoms with Crippen LogP contribution >= 0.6 is 11.3 Å². The number of aryl methyl sites for hydroxylation is 4. The zero-order chi connectivity index (χ0) is 22.4. The smallest absolute Gasteiger partial charge is 0.262 e. The van der Waals surface area contributed by atoms with Crippen molar-refractivity contribution in [2.75, 3.05) is 0 Å². The molecule has 3 aromatic heterocycles. The van der Waals surface area contributed by atoms with Crippen molar-refractivity contribution in [2.45, 2.75) is 47.3 Å². The average Bonchev–Trinajstić information content (AvgIpc) is 3.29. The first kappa shape index (κ1) is 20.6. The number of benzene rings is 1. The van der Waals surface area contributed by atoms with Crippen molar-refractivity contribution in [3.63, 3.8) is 0 Å². The van der Waals surface area contributed by atoms with Gasteiger partial charge in [-0.3, -0.25) is 14.3 Å². The number of hydrogen-bond donors (Lipinski definition) is 0. The number of allylic oxidation sites excluding steroid dienone is 1. The first-order chi connectivity index (χ1) is 15.4. The van der Waals surface area contributed by atoms with Gasteiger partial charge in [-0.25, -0.2) is 4.98 Å². The molecule has 0 aliphatic carbocycles. The standard InChI is InChI=1S/C26H25N3O2S/c1-15-11-19(12-16(2)23(15)31-14-21-7-5-6-9-27-21)13-20-8-10-29-24(20)28-25-22(26(29)30)17(3)18(4)32-25/h5-7,9,11-13H,8,10,14H2,1-4H3/b20-13-. The van der Waals surface area contributed by atoms with E-state index in [1.165, 1.54) is 0 Å². The minimum Gasteiger partial charge on any atom is -0.487 e. The molecule has 0 N–H and O–H groups in total. The molecule has 0 amide bonds. The number of fused-ring (bicyclic) bond motifs is 2. The van der Waals surface area contributed by atoms with E-state index in [4.69, 9.17) is 9.72 Å². The summed E-state index contributed by atoms with van der Waals surface area (Å²) >= 11 is 1.60. The van der Waals surface area contributed by atoms with Gasteiger partial charge in [-0.1, -0.05) is 6.07 Å². The second-order valence-electron chi connectivity index (χ2n) is 8.37. The first-order valence-electron chi connectivity index (χ1n) is 10.8. The Morgan fingerprint density at radius 3 is 2.66 bits per heavy atom. The molecule has 1 aromatic carbocycles. The Balaban J connectivity index is 1.48. The SMILES string of the molecule is Cc1cc(/C=C2/CCn3c2nc2sc(C)c(C)c2c3=O)cc(C)c1OCc1ccccn1. The Kier molecular flexibility index (Phi) is 5.18. The molecule has 0 bridgehead atoms. The van der Waals surface area contributed by atoms with Crippen molar-refractivity contribution in [2.24, 2.45) is 0 Å². The topological polar surface area (TPSA) is 57.0 Å². The molecule has 1 aliphatic rings. The predicted molar refractivity (Wildman–Crippen MR) is 130 cm³/mol. The highest BCUT2D eigenvalue weighted by Crippen LogP contribution is 2.33. The fourth-order valence-electron chi connectivity index (χ4n) is 4.39. The summed E-state index contributed by atoms with van der Waals surface area (Å²) in [6.45, 7) is 9.32. The highest BCUT2D eigenvalue weighted by molar-refractivity contribution is 7.18. The third kappa shape index (κ3) is 3.54. The van der Waals surface area contributed by atoms with Gasteiger partial charge >= 0.3 is 0 Å². The Bertz CT molecular complexity index is 1410. The van der Waals surface area contributed by atoms with E-state index in [9.17, 15) is 4.79 Å². The zero-order valence-electron chi connectivity index (χ0n) is 18.7. The molecule has 4 heterocycles. The largest absolute Gasteiger partial charge is 0.487 e. The number of pyridine rings is 1. The molecule has 0 unspecified atom stereocenters. The van der Waals surface area contributed by atoms with E-state index in [2.05, 4.69) is 44.0 Å². The van der Waals surface area contributed by atoms with Crippen LogP contribution in [0.4, 0.5) is 0 Å². The molecule has 0 spiro atoms. The van der Waals surface area contributed by atoms with Gasteiger partial charge in [-0.15, -0.1) is 11.3 Å². The summed E-state index contributed by atoms with van der Waals surface area (Å²) in [5, 5.41) is 0.776. The summed E-state index contributed by atoms with van der Waals surface area (Å²) < 4.78 is 7.90. The zero-order valence-corrected chi connectivity index (χ0v) is 19.5. The van der Waals surface area contributed by atoms with Crippen LogP contribution in [0.2, 0.25) is 0 Å². The van der Waals surface area contributed by atoms with Crippen LogP contribution in [0.15, 0.2) is 41.3 Å². The molecule has 0 fully saturated rings. The second-order valence-corrected chi connectivity index (χ2v) is 9.57. The van der Waals surface area contributed by atoms with Gasteiger partial charge in [-0.2, -0.15) is 0 Å². The monoisotopic (exact) mass is 443 g/mol. The lowest BCUT2D eigenvalue weighted by Crippen LogP contribution is -2.20. The predicted octanol–water partition coefficient (Wildman–Crippen LogP) is 5.61. The van der Waals surface area contributed by atoms with Gasteiger partial charge in [0.25, 0.3) is 5.56 Å². The minimum atomic E-state index is 0.0841. The van der Waals surface area contributed by atoms with Crippen LogP contribution in [0.1, 0.15) is 45.1 Å². The van der Waals surface area contributed by atoms with E-state index in [-0.39, 0.29) is 5.56 Å². The number of ether oxygens (including phenoxy) is 1. The maximum Gasteiger partial charge on any atom is 0.262 e. The highest BCUT2D eigenvalue weighted by Gasteiger charge is 2.23. The number of aromatic nitrogens is 3. The van der Waals surface area contributed by atoms with Crippen LogP contribution in [0, 0.1) is 27.7 Å².